The summed E-state index contributed by atoms with van der Waals surface area (Å²) in [5.41, 5.74) is 0.961. The van der Waals surface area contributed by atoms with E-state index in [0.717, 1.165) is 12.0 Å². The van der Waals surface area contributed by atoms with Gasteiger partial charge < -0.3 is 10.1 Å². The van der Waals surface area contributed by atoms with Crippen molar-refractivity contribution in [1.29, 1.82) is 0 Å². The highest BCUT2D eigenvalue weighted by atomic mass is 19.1. The predicted octanol–water partition coefficient (Wildman–Crippen LogP) is 2.51. The van der Waals surface area contributed by atoms with Crippen molar-refractivity contribution in [2.45, 2.75) is 26.3 Å². The van der Waals surface area contributed by atoms with Crippen LogP contribution in [0.4, 0.5) is 4.39 Å². The Balaban J connectivity index is 2.60. The van der Waals surface area contributed by atoms with E-state index in [2.05, 4.69) is 12.2 Å². The maximum atomic E-state index is 12.9. The lowest BCUT2D eigenvalue weighted by atomic mass is 10.2. The second-order valence-electron chi connectivity index (χ2n) is 3.61. The van der Waals surface area contributed by atoms with Crippen LogP contribution in [0.2, 0.25) is 0 Å². The van der Waals surface area contributed by atoms with Crippen LogP contribution in [0, 0.1) is 12.7 Å². The Morgan fingerprint density at radius 3 is 2.80 bits per heavy atom. The SMILES string of the molecule is CCC(COc1cc(F)ccc1C)NC. The zero-order valence-corrected chi connectivity index (χ0v) is 9.51. The number of likely N-dealkylation sites (N-methyl/N-ethyl adjacent to an activating group) is 1. The lowest BCUT2D eigenvalue weighted by Crippen LogP contribution is -2.30. The van der Waals surface area contributed by atoms with Crippen LogP contribution >= 0.6 is 0 Å². The highest BCUT2D eigenvalue weighted by Gasteiger charge is 2.06. The standard InChI is InChI=1S/C12H18FNO/c1-4-11(14-3)8-15-12-7-10(13)6-5-9(12)2/h5-7,11,14H,4,8H2,1-3H3. The van der Waals surface area contributed by atoms with E-state index in [0.29, 0.717) is 18.4 Å². The van der Waals surface area contributed by atoms with Gasteiger partial charge in [-0.1, -0.05) is 13.0 Å². The molecule has 0 fully saturated rings. The largest absolute Gasteiger partial charge is 0.492 e. The zero-order valence-electron chi connectivity index (χ0n) is 9.51. The molecule has 84 valence electrons. The Labute approximate surface area is 90.4 Å². The minimum atomic E-state index is -0.256. The maximum absolute atomic E-state index is 12.9. The molecule has 0 saturated carbocycles. The molecule has 1 aromatic carbocycles. The van der Waals surface area contributed by atoms with Crippen molar-refractivity contribution in [3.8, 4) is 5.75 Å². The average molecular weight is 211 g/mol. The van der Waals surface area contributed by atoms with Gasteiger partial charge in [0, 0.05) is 12.1 Å². The van der Waals surface area contributed by atoms with Gasteiger partial charge in [-0.25, -0.2) is 4.39 Å². The molecule has 0 aromatic heterocycles. The zero-order chi connectivity index (χ0) is 11.3. The molecule has 0 aliphatic heterocycles. The molecule has 15 heavy (non-hydrogen) atoms. The van der Waals surface area contributed by atoms with Gasteiger partial charge in [0.05, 0.1) is 0 Å². The Hall–Kier alpha value is -1.09. The lowest BCUT2D eigenvalue weighted by Gasteiger charge is -2.16. The Bertz CT molecular complexity index is 310. The number of nitrogens with one attached hydrogen (secondary N) is 1. The quantitative estimate of drug-likeness (QED) is 0.808. The molecule has 2 nitrogen and oxygen atoms in total. The topological polar surface area (TPSA) is 21.3 Å². The fraction of sp³-hybridized carbons (Fsp3) is 0.500. The molecule has 0 heterocycles. The van der Waals surface area contributed by atoms with Crippen LogP contribution in [-0.4, -0.2) is 19.7 Å². The predicted molar refractivity (Wildman–Crippen MR) is 59.8 cm³/mol. The normalized spacial score (nSPS) is 12.5. The maximum Gasteiger partial charge on any atom is 0.126 e. The average Bonchev–Trinajstić information content (AvgIpc) is 2.24. The molecule has 0 aliphatic carbocycles. The lowest BCUT2D eigenvalue weighted by molar-refractivity contribution is 0.264. The van der Waals surface area contributed by atoms with E-state index in [1.807, 2.05) is 14.0 Å². The number of benzene rings is 1. The molecular weight excluding hydrogens is 193 g/mol. The van der Waals surface area contributed by atoms with Gasteiger partial charge in [0.2, 0.25) is 0 Å². The second-order valence-corrected chi connectivity index (χ2v) is 3.61. The van der Waals surface area contributed by atoms with Gasteiger partial charge in [0.15, 0.2) is 0 Å². The van der Waals surface area contributed by atoms with Crippen LogP contribution in [0.1, 0.15) is 18.9 Å². The Morgan fingerprint density at radius 2 is 2.20 bits per heavy atom. The molecule has 0 bridgehead atoms. The highest BCUT2D eigenvalue weighted by molar-refractivity contribution is 5.32. The summed E-state index contributed by atoms with van der Waals surface area (Å²) in [5, 5.41) is 3.14. The molecule has 0 radical (unpaired) electrons. The molecular formula is C12H18FNO. The summed E-state index contributed by atoms with van der Waals surface area (Å²) in [4.78, 5) is 0. The van der Waals surface area contributed by atoms with E-state index >= 15 is 0 Å². The van der Waals surface area contributed by atoms with Crippen molar-refractivity contribution >= 4 is 0 Å². The summed E-state index contributed by atoms with van der Waals surface area (Å²) in [6, 6.07) is 4.91. The minimum Gasteiger partial charge on any atom is -0.492 e. The van der Waals surface area contributed by atoms with Gasteiger partial charge in [-0.15, -0.1) is 0 Å². The van der Waals surface area contributed by atoms with Gasteiger partial charge in [0.25, 0.3) is 0 Å². The summed E-state index contributed by atoms with van der Waals surface area (Å²) in [5.74, 6) is 0.372. The summed E-state index contributed by atoms with van der Waals surface area (Å²) < 4.78 is 18.5. The van der Waals surface area contributed by atoms with Crippen LogP contribution in [0.5, 0.6) is 5.75 Å². The molecule has 0 spiro atoms. The molecule has 0 aliphatic rings. The van der Waals surface area contributed by atoms with E-state index in [1.54, 1.807) is 6.07 Å². The third kappa shape index (κ3) is 3.51. The molecule has 1 atom stereocenters. The first-order valence-corrected chi connectivity index (χ1v) is 5.23. The van der Waals surface area contributed by atoms with Crippen LogP contribution in [0.15, 0.2) is 18.2 Å². The molecule has 1 rings (SSSR count). The molecule has 1 aromatic rings. The first-order valence-electron chi connectivity index (χ1n) is 5.23. The third-order valence-corrected chi connectivity index (χ3v) is 2.49. The monoisotopic (exact) mass is 211 g/mol. The number of hydrogen-bond acceptors (Lipinski definition) is 2. The Morgan fingerprint density at radius 1 is 1.47 bits per heavy atom. The van der Waals surface area contributed by atoms with Crippen molar-refractivity contribution in [3.05, 3.63) is 29.6 Å². The van der Waals surface area contributed by atoms with Crippen molar-refractivity contribution < 1.29 is 9.13 Å². The summed E-state index contributed by atoms with van der Waals surface area (Å²) >= 11 is 0. The van der Waals surface area contributed by atoms with Gasteiger partial charge in [0.1, 0.15) is 18.2 Å². The van der Waals surface area contributed by atoms with Gasteiger partial charge in [-0.05, 0) is 32.0 Å². The van der Waals surface area contributed by atoms with Crippen molar-refractivity contribution in [3.63, 3.8) is 0 Å². The fourth-order valence-electron chi connectivity index (χ4n) is 1.33. The van der Waals surface area contributed by atoms with Crippen molar-refractivity contribution in [2.75, 3.05) is 13.7 Å². The third-order valence-electron chi connectivity index (χ3n) is 2.49. The van der Waals surface area contributed by atoms with E-state index in [9.17, 15) is 4.39 Å². The summed E-state index contributed by atoms with van der Waals surface area (Å²) in [6.45, 7) is 4.56. The smallest absolute Gasteiger partial charge is 0.126 e. The van der Waals surface area contributed by atoms with Crippen LogP contribution < -0.4 is 10.1 Å². The number of halogens is 1. The number of aryl methyl sites for hydroxylation is 1. The van der Waals surface area contributed by atoms with Crippen LogP contribution in [-0.2, 0) is 0 Å². The van der Waals surface area contributed by atoms with Crippen molar-refractivity contribution in [2.24, 2.45) is 0 Å². The van der Waals surface area contributed by atoms with Crippen LogP contribution in [0.3, 0.4) is 0 Å². The van der Waals surface area contributed by atoms with E-state index in [1.165, 1.54) is 12.1 Å². The van der Waals surface area contributed by atoms with E-state index < -0.39 is 0 Å². The molecule has 0 saturated heterocycles. The Kier molecular flexibility index (Phi) is 4.56. The number of rotatable bonds is 5. The van der Waals surface area contributed by atoms with E-state index in [4.69, 9.17) is 4.74 Å². The van der Waals surface area contributed by atoms with Gasteiger partial charge in [-0.2, -0.15) is 0 Å². The van der Waals surface area contributed by atoms with Crippen molar-refractivity contribution in [1.82, 2.24) is 5.32 Å². The number of hydrogen-bond donors (Lipinski definition) is 1. The molecule has 1 unspecified atom stereocenters. The second kappa shape index (κ2) is 5.71. The first-order chi connectivity index (χ1) is 7.17. The first kappa shape index (κ1) is 12.0. The van der Waals surface area contributed by atoms with E-state index in [-0.39, 0.29) is 5.82 Å². The highest BCUT2D eigenvalue weighted by Crippen LogP contribution is 2.18. The van der Waals surface area contributed by atoms with Gasteiger partial charge >= 0.3 is 0 Å². The number of ether oxygens (including phenoxy) is 1. The molecule has 3 heteroatoms. The fourth-order valence-corrected chi connectivity index (χ4v) is 1.33. The molecule has 0 amide bonds. The summed E-state index contributed by atoms with van der Waals surface area (Å²) in [7, 11) is 1.90. The van der Waals surface area contributed by atoms with Crippen LogP contribution in [0.25, 0.3) is 0 Å². The van der Waals surface area contributed by atoms with Gasteiger partial charge in [-0.3, -0.25) is 0 Å². The molecule has 1 N–H and O–H groups in total. The summed E-state index contributed by atoms with van der Waals surface area (Å²) in [6.07, 6.45) is 0.991. The minimum absolute atomic E-state index is 0.256.